The number of aromatic nitrogens is 1. The number of nitrogens with zero attached hydrogens (tertiary/aromatic N) is 1. The van der Waals surface area contributed by atoms with Gasteiger partial charge in [0.05, 0.1) is 7.11 Å². The minimum atomic E-state index is -0.0203. The smallest absolute Gasteiger partial charge is 0.270 e. The topological polar surface area (TPSA) is 74.4 Å². The van der Waals surface area contributed by atoms with Gasteiger partial charge in [0.2, 0.25) is 5.91 Å². The molecule has 32 heavy (non-hydrogen) atoms. The zero-order valence-electron chi connectivity index (χ0n) is 19.3. The molecule has 1 aliphatic carbocycles. The van der Waals surface area contributed by atoms with E-state index < -0.39 is 0 Å². The van der Waals surface area contributed by atoms with Crippen LogP contribution in [0.3, 0.4) is 0 Å². The highest BCUT2D eigenvalue weighted by atomic mass is 16.5. The molecule has 1 fully saturated rings. The number of methoxy groups -OCH3 is 1. The van der Waals surface area contributed by atoms with Crippen LogP contribution in [0.2, 0.25) is 0 Å². The number of fused-ring (bicyclic) bond motifs is 1. The maximum Gasteiger partial charge on any atom is 0.270 e. The van der Waals surface area contributed by atoms with E-state index >= 15 is 0 Å². The fourth-order valence-corrected chi connectivity index (χ4v) is 4.97. The lowest BCUT2D eigenvalue weighted by molar-refractivity contribution is -0.126. The molecule has 1 aromatic carbocycles. The summed E-state index contributed by atoms with van der Waals surface area (Å²) in [7, 11) is 1.63. The molecular formula is C26H35N3O3. The monoisotopic (exact) mass is 437 g/mol. The van der Waals surface area contributed by atoms with Crippen LogP contribution in [-0.4, -0.2) is 48.4 Å². The van der Waals surface area contributed by atoms with Crippen molar-refractivity contribution in [2.24, 2.45) is 11.8 Å². The van der Waals surface area contributed by atoms with Crippen molar-refractivity contribution in [1.82, 2.24) is 15.2 Å². The number of aromatic amines is 1. The highest BCUT2D eigenvalue weighted by Gasteiger charge is 2.30. The molecule has 1 aromatic heterocycles. The van der Waals surface area contributed by atoms with Crippen LogP contribution >= 0.6 is 0 Å². The largest absolute Gasteiger partial charge is 0.497 e. The summed E-state index contributed by atoms with van der Waals surface area (Å²) in [6.07, 6.45) is 9.98. The van der Waals surface area contributed by atoms with Gasteiger partial charge in [-0.1, -0.05) is 18.6 Å². The quantitative estimate of drug-likeness (QED) is 0.618. The number of ether oxygens (including phenoxy) is 1. The van der Waals surface area contributed by atoms with E-state index in [1.807, 2.05) is 36.1 Å². The lowest BCUT2D eigenvalue weighted by Gasteiger charge is -2.34. The summed E-state index contributed by atoms with van der Waals surface area (Å²) in [4.78, 5) is 30.8. The SMILES string of the molecule is COc1ccc2cc(C(=O)N3CCC(C(C)C(=O)NCCC4=CCCCC4)CC3)[nH]c2c1. The lowest BCUT2D eigenvalue weighted by Crippen LogP contribution is -2.43. The third-order valence-corrected chi connectivity index (χ3v) is 7.14. The van der Waals surface area contributed by atoms with Crippen molar-refractivity contribution in [1.29, 1.82) is 0 Å². The zero-order chi connectivity index (χ0) is 22.5. The Morgan fingerprint density at radius 1 is 1.22 bits per heavy atom. The van der Waals surface area contributed by atoms with Crippen LogP contribution in [0.4, 0.5) is 0 Å². The molecule has 0 spiro atoms. The second-order valence-corrected chi connectivity index (χ2v) is 9.20. The Balaban J connectivity index is 1.26. The van der Waals surface area contributed by atoms with Crippen molar-refractivity contribution in [3.63, 3.8) is 0 Å². The van der Waals surface area contributed by atoms with Gasteiger partial charge >= 0.3 is 0 Å². The number of hydrogen-bond donors (Lipinski definition) is 2. The van der Waals surface area contributed by atoms with Crippen molar-refractivity contribution in [2.75, 3.05) is 26.7 Å². The summed E-state index contributed by atoms with van der Waals surface area (Å²) in [5.74, 6) is 1.24. The molecule has 2 amide bonds. The van der Waals surface area contributed by atoms with Gasteiger partial charge in [-0.15, -0.1) is 0 Å². The number of hydrogen-bond acceptors (Lipinski definition) is 3. The number of carbonyl (C=O) groups excluding carboxylic acids is 2. The first kappa shape index (κ1) is 22.4. The first-order valence-electron chi connectivity index (χ1n) is 12.0. The molecule has 0 radical (unpaired) electrons. The molecule has 1 atom stereocenters. The Hall–Kier alpha value is -2.76. The Bertz CT molecular complexity index is 985. The molecule has 1 unspecified atom stereocenters. The molecule has 2 heterocycles. The summed E-state index contributed by atoms with van der Waals surface area (Å²) in [6.45, 7) is 4.14. The van der Waals surface area contributed by atoms with Crippen LogP contribution in [-0.2, 0) is 4.79 Å². The summed E-state index contributed by atoms with van der Waals surface area (Å²) < 4.78 is 5.27. The van der Waals surface area contributed by atoms with E-state index in [-0.39, 0.29) is 17.7 Å². The molecule has 2 aromatic rings. The number of likely N-dealkylation sites (tertiary alicyclic amines) is 1. The molecule has 4 rings (SSSR count). The van der Waals surface area contributed by atoms with Crippen molar-refractivity contribution in [3.05, 3.63) is 41.6 Å². The minimum absolute atomic E-state index is 0.0203. The molecular weight excluding hydrogens is 402 g/mol. The highest BCUT2D eigenvalue weighted by molar-refractivity contribution is 5.98. The van der Waals surface area contributed by atoms with E-state index in [4.69, 9.17) is 4.74 Å². The van der Waals surface area contributed by atoms with Crippen LogP contribution in [0.1, 0.15) is 62.4 Å². The van der Waals surface area contributed by atoms with Gasteiger partial charge in [-0.2, -0.15) is 0 Å². The number of piperidine rings is 1. The summed E-state index contributed by atoms with van der Waals surface area (Å²) in [6, 6.07) is 7.66. The van der Waals surface area contributed by atoms with Gasteiger partial charge in [0.15, 0.2) is 0 Å². The number of allylic oxidation sites excluding steroid dienone is 1. The van der Waals surface area contributed by atoms with Crippen LogP contribution < -0.4 is 10.1 Å². The third kappa shape index (κ3) is 5.17. The summed E-state index contributed by atoms with van der Waals surface area (Å²) >= 11 is 0. The zero-order valence-corrected chi connectivity index (χ0v) is 19.3. The van der Waals surface area contributed by atoms with Crippen molar-refractivity contribution in [3.8, 4) is 5.75 Å². The molecule has 0 bridgehead atoms. The van der Waals surface area contributed by atoms with Gasteiger partial charge < -0.3 is 19.9 Å². The average Bonchev–Trinajstić information content (AvgIpc) is 3.27. The maximum absolute atomic E-state index is 13.0. The molecule has 2 N–H and O–H groups in total. The number of benzene rings is 1. The number of carbonyl (C=O) groups is 2. The first-order chi connectivity index (χ1) is 15.5. The molecule has 6 heteroatoms. The van der Waals surface area contributed by atoms with Crippen LogP contribution in [0.5, 0.6) is 5.75 Å². The van der Waals surface area contributed by atoms with Gasteiger partial charge in [0.25, 0.3) is 5.91 Å². The number of nitrogens with one attached hydrogen (secondary N) is 2. The fraction of sp³-hybridized carbons (Fsp3) is 0.538. The highest BCUT2D eigenvalue weighted by Crippen LogP contribution is 2.27. The second kappa shape index (κ2) is 10.2. The van der Waals surface area contributed by atoms with Crippen molar-refractivity contribution >= 4 is 22.7 Å². The van der Waals surface area contributed by atoms with E-state index in [2.05, 4.69) is 16.4 Å². The van der Waals surface area contributed by atoms with Gasteiger partial charge in [0, 0.05) is 42.5 Å². The van der Waals surface area contributed by atoms with E-state index in [1.54, 1.807) is 7.11 Å². The third-order valence-electron chi connectivity index (χ3n) is 7.14. The van der Waals surface area contributed by atoms with E-state index in [0.29, 0.717) is 24.7 Å². The Labute approximate surface area is 190 Å². The maximum atomic E-state index is 13.0. The molecule has 6 nitrogen and oxygen atoms in total. The van der Waals surface area contributed by atoms with Crippen LogP contribution in [0.15, 0.2) is 35.9 Å². The minimum Gasteiger partial charge on any atom is -0.497 e. The molecule has 172 valence electrons. The molecule has 0 saturated carbocycles. The van der Waals surface area contributed by atoms with Crippen LogP contribution in [0, 0.1) is 11.8 Å². The van der Waals surface area contributed by atoms with Gasteiger partial charge in [0.1, 0.15) is 11.4 Å². The standard InChI is InChI=1S/C26H35N3O3/c1-18(25(30)27-13-10-19-6-4-3-5-7-19)20-11-14-29(15-12-20)26(31)24-16-21-8-9-22(32-2)17-23(21)28-24/h6,8-9,16-18,20,28H,3-5,7,10-15H2,1-2H3,(H,27,30). The lowest BCUT2D eigenvalue weighted by atomic mass is 9.84. The Morgan fingerprint density at radius 3 is 2.75 bits per heavy atom. The molecule has 2 aliphatic rings. The van der Waals surface area contributed by atoms with Gasteiger partial charge in [-0.25, -0.2) is 0 Å². The summed E-state index contributed by atoms with van der Waals surface area (Å²) in [5, 5.41) is 4.13. The predicted octanol–water partition coefficient (Wildman–Crippen LogP) is 4.67. The number of rotatable bonds is 7. The second-order valence-electron chi connectivity index (χ2n) is 9.20. The fourth-order valence-electron chi connectivity index (χ4n) is 4.97. The molecule has 1 aliphatic heterocycles. The Morgan fingerprint density at radius 2 is 2.03 bits per heavy atom. The van der Waals surface area contributed by atoms with Gasteiger partial charge in [-0.05, 0) is 69.1 Å². The van der Waals surface area contributed by atoms with E-state index in [9.17, 15) is 9.59 Å². The first-order valence-corrected chi connectivity index (χ1v) is 12.0. The number of amides is 2. The van der Waals surface area contributed by atoms with E-state index in [1.165, 1.54) is 31.3 Å². The molecule has 1 saturated heterocycles. The van der Waals surface area contributed by atoms with Crippen molar-refractivity contribution < 1.29 is 14.3 Å². The van der Waals surface area contributed by atoms with E-state index in [0.717, 1.165) is 42.5 Å². The normalized spacial score (nSPS) is 18.3. The Kier molecular flexibility index (Phi) is 7.18. The summed E-state index contributed by atoms with van der Waals surface area (Å²) in [5.41, 5.74) is 3.00. The predicted molar refractivity (Wildman–Crippen MR) is 127 cm³/mol. The van der Waals surface area contributed by atoms with Gasteiger partial charge in [-0.3, -0.25) is 9.59 Å². The van der Waals surface area contributed by atoms with Crippen LogP contribution in [0.25, 0.3) is 10.9 Å². The van der Waals surface area contributed by atoms with Crippen molar-refractivity contribution in [2.45, 2.75) is 51.9 Å². The number of H-pyrrole nitrogens is 1. The average molecular weight is 438 g/mol.